The highest BCUT2D eigenvalue weighted by molar-refractivity contribution is 5.85. The highest BCUT2D eigenvalue weighted by atomic mass is 35.5. The first kappa shape index (κ1) is 18.7. The summed E-state index contributed by atoms with van der Waals surface area (Å²) in [6.45, 7) is 5.34. The molecule has 0 spiro atoms. The van der Waals surface area contributed by atoms with Crippen LogP contribution in [0.3, 0.4) is 0 Å². The summed E-state index contributed by atoms with van der Waals surface area (Å²) in [5.74, 6) is 1.36. The third-order valence-corrected chi connectivity index (χ3v) is 3.88. The summed E-state index contributed by atoms with van der Waals surface area (Å²) in [6.07, 6.45) is 5.85. The van der Waals surface area contributed by atoms with Crippen molar-refractivity contribution in [1.82, 2.24) is 10.6 Å². The van der Waals surface area contributed by atoms with Gasteiger partial charge in [0.1, 0.15) is 0 Å². The first-order valence-electron chi connectivity index (χ1n) is 7.25. The van der Waals surface area contributed by atoms with E-state index >= 15 is 0 Å². The van der Waals surface area contributed by atoms with Crippen molar-refractivity contribution in [3.8, 4) is 0 Å². The maximum Gasteiger partial charge on any atom is 0.223 e. The summed E-state index contributed by atoms with van der Waals surface area (Å²) in [6, 6.07) is 0. The second-order valence-corrected chi connectivity index (χ2v) is 5.16. The molecule has 114 valence electrons. The molecule has 0 atom stereocenters. The largest absolute Gasteiger partial charge is 0.383 e. The number of hydrogen-bond acceptors (Lipinski definition) is 3. The normalized spacial score (nSPS) is 22.6. The number of halogens is 1. The van der Waals surface area contributed by atoms with Gasteiger partial charge < -0.3 is 15.4 Å². The van der Waals surface area contributed by atoms with E-state index in [2.05, 4.69) is 17.6 Å². The average molecular weight is 293 g/mol. The molecule has 4 nitrogen and oxygen atoms in total. The van der Waals surface area contributed by atoms with Crippen LogP contribution in [-0.4, -0.2) is 39.3 Å². The Morgan fingerprint density at radius 2 is 1.84 bits per heavy atom. The summed E-state index contributed by atoms with van der Waals surface area (Å²) in [4.78, 5) is 11.9. The molecule has 0 aromatic rings. The third kappa shape index (κ3) is 7.75. The van der Waals surface area contributed by atoms with E-state index in [0.29, 0.717) is 0 Å². The van der Waals surface area contributed by atoms with Gasteiger partial charge in [0, 0.05) is 32.7 Å². The Morgan fingerprint density at radius 3 is 2.42 bits per heavy atom. The van der Waals surface area contributed by atoms with E-state index in [4.69, 9.17) is 4.74 Å². The average Bonchev–Trinajstić information content (AvgIpc) is 2.42. The molecule has 1 fully saturated rings. The number of ether oxygens (including phenoxy) is 1. The Morgan fingerprint density at radius 1 is 1.16 bits per heavy atom. The number of rotatable bonds is 8. The monoisotopic (exact) mass is 292 g/mol. The molecule has 1 amide bonds. The van der Waals surface area contributed by atoms with E-state index in [1.807, 2.05) is 0 Å². The molecule has 0 saturated heterocycles. The van der Waals surface area contributed by atoms with E-state index < -0.39 is 0 Å². The van der Waals surface area contributed by atoms with Gasteiger partial charge in [-0.05, 0) is 31.6 Å². The molecule has 0 aromatic carbocycles. The predicted molar refractivity (Wildman–Crippen MR) is 80.7 cm³/mol. The van der Waals surface area contributed by atoms with Crippen molar-refractivity contribution in [3.63, 3.8) is 0 Å². The minimum atomic E-state index is 0. The van der Waals surface area contributed by atoms with E-state index in [1.165, 1.54) is 19.3 Å². The van der Waals surface area contributed by atoms with Crippen LogP contribution in [0.5, 0.6) is 0 Å². The number of carbonyl (C=O) groups is 1. The Kier molecular flexibility index (Phi) is 11.3. The van der Waals surface area contributed by atoms with Gasteiger partial charge in [0.05, 0.1) is 6.61 Å². The molecule has 5 heteroatoms. The van der Waals surface area contributed by atoms with Gasteiger partial charge in [-0.25, -0.2) is 0 Å². The van der Waals surface area contributed by atoms with Gasteiger partial charge in [-0.2, -0.15) is 0 Å². The fourth-order valence-corrected chi connectivity index (χ4v) is 2.55. The van der Waals surface area contributed by atoms with Crippen LogP contribution >= 0.6 is 12.4 Å². The molecule has 0 radical (unpaired) electrons. The van der Waals surface area contributed by atoms with Crippen molar-refractivity contribution in [3.05, 3.63) is 0 Å². The third-order valence-electron chi connectivity index (χ3n) is 3.88. The van der Waals surface area contributed by atoms with Crippen LogP contribution in [0, 0.1) is 11.8 Å². The minimum absolute atomic E-state index is 0. The molecule has 1 aliphatic rings. The van der Waals surface area contributed by atoms with Gasteiger partial charge in [-0.15, -0.1) is 12.4 Å². The molecule has 0 bridgehead atoms. The molecule has 1 saturated carbocycles. The van der Waals surface area contributed by atoms with Gasteiger partial charge in [0.25, 0.3) is 0 Å². The second kappa shape index (κ2) is 11.5. The van der Waals surface area contributed by atoms with Crippen LogP contribution in [0.15, 0.2) is 0 Å². The van der Waals surface area contributed by atoms with Gasteiger partial charge in [0.15, 0.2) is 0 Å². The van der Waals surface area contributed by atoms with Crippen molar-refractivity contribution in [2.45, 2.75) is 39.0 Å². The highest BCUT2D eigenvalue weighted by Gasteiger charge is 2.24. The van der Waals surface area contributed by atoms with Gasteiger partial charge in [-0.3, -0.25) is 4.79 Å². The van der Waals surface area contributed by atoms with Crippen LogP contribution in [0.2, 0.25) is 0 Å². The van der Waals surface area contributed by atoms with E-state index in [9.17, 15) is 4.79 Å². The topological polar surface area (TPSA) is 50.4 Å². The van der Waals surface area contributed by atoms with Gasteiger partial charge in [-0.1, -0.05) is 13.3 Å². The zero-order valence-corrected chi connectivity index (χ0v) is 13.1. The van der Waals surface area contributed by atoms with Gasteiger partial charge >= 0.3 is 0 Å². The van der Waals surface area contributed by atoms with E-state index in [0.717, 1.165) is 45.0 Å². The first-order valence-corrected chi connectivity index (χ1v) is 7.25. The zero-order valence-electron chi connectivity index (χ0n) is 12.2. The number of nitrogens with one attached hydrogen (secondary N) is 2. The zero-order chi connectivity index (χ0) is 13.2. The summed E-state index contributed by atoms with van der Waals surface area (Å²) >= 11 is 0. The lowest BCUT2D eigenvalue weighted by Gasteiger charge is -2.26. The second-order valence-electron chi connectivity index (χ2n) is 5.16. The number of hydrogen-bond donors (Lipinski definition) is 2. The van der Waals surface area contributed by atoms with Crippen LogP contribution in [0.4, 0.5) is 0 Å². The van der Waals surface area contributed by atoms with Crippen LogP contribution in [0.25, 0.3) is 0 Å². The molecular formula is C14H29ClN2O2. The van der Waals surface area contributed by atoms with Crippen molar-refractivity contribution in [2.75, 3.05) is 33.4 Å². The summed E-state index contributed by atoms with van der Waals surface area (Å²) in [5.41, 5.74) is 0. The van der Waals surface area contributed by atoms with Crippen LogP contribution < -0.4 is 10.6 Å². The van der Waals surface area contributed by atoms with Crippen molar-refractivity contribution >= 4 is 18.3 Å². The lowest BCUT2D eigenvalue weighted by molar-refractivity contribution is -0.126. The molecule has 0 aromatic heterocycles. The summed E-state index contributed by atoms with van der Waals surface area (Å²) in [5, 5.41) is 6.24. The Labute approximate surface area is 123 Å². The molecule has 19 heavy (non-hydrogen) atoms. The maximum atomic E-state index is 11.9. The quantitative estimate of drug-likeness (QED) is 0.673. The number of methoxy groups -OCH3 is 1. The lowest BCUT2D eigenvalue weighted by atomic mass is 9.80. The molecule has 1 aliphatic carbocycles. The Hall–Kier alpha value is -0.320. The summed E-state index contributed by atoms with van der Waals surface area (Å²) in [7, 11) is 1.69. The molecule has 2 N–H and O–H groups in total. The highest BCUT2D eigenvalue weighted by Crippen LogP contribution is 2.30. The van der Waals surface area contributed by atoms with Crippen molar-refractivity contribution in [2.24, 2.45) is 11.8 Å². The lowest BCUT2D eigenvalue weighted by Crippen LogP contribution is -2.37. The SMILES string of the molecule is CCC1CCC(C(=O)NCCNCCOC)CC1.Cl. The standard InChI is InChI=1S/C14H28N2O2.ClH/c1-3-12-4-6-13(7-5-12)14(17)16-9-8-15-10-11-18-2;/h12-13,15H,3-11H2,1-2H3,(H,16,17);1H. The first-order chi connectivity index (χ1) is 8.77. The maximum absolute atomic E-state index is 11.9. The Bertz CT molecular complexity index is 231. The smallest absolute Gasteiger partial charge is 0.223 e. The van der Waals surface area contributed by atoms with E-state index in [-0.39, 0.29) is 24.2 Å². The molecule has 0 aliphatic heterocycles. The van der Waals surface area contributed by atoms with Crippen LogP contribution in [0.1, 0.15) is 39.0 Å². The minimum Gasteiger partial charge on any atom is -0.383 e. The van der Waals surface area contributed by atoms with Crippen LogP contribution in [-0.2, 0) is 9.53 Å². The van der Waals surface area contributed by atoms with Crippen molar-refractivity contribution in [1.29, 1.82) is 0 Å². The predicted octanol–water partition coefficient (Wildman–Crippen LogP) is 1.98. The fourth-order valence-electron chi connectivity index (χ4n) is 2.55. The fraction of sp³-hybridized carbons (Fsp3) is 0.929. The summed E-state index contributed by atoms with van der Waals surface area (Å²) < 4.78 is 4.94. The van der Waals surface area contributed by atoms with E-state index in [1.54, 1.807) is 7.11 Å². The molecule has 1 rings (SSSR count). The van der Waals surface area contributed by atoms with Crippen molar-refractivity contribution < 1.29 is 9.53 Å². The number of amides is 1. The Balaban J connectivity index is 0.00000324. The molecule has 0 heterocycles. The molecule has 0 unspecified atom stereocenters. The molecular weight excluding hydrogens is 264 g/mol. The van der Waals surface area contributed by atoms with Gasteiger partial charge in [0.2, 0.25) is 5.91 Å². The number of carbonyl (C=O) groups excluding carboxylic acids is 1.